The maximum absolute atomic E-state index is 12.8. The summed E-state index contributed by atoms with van der Waals surface area (Å²) in [6, 6.07) is 2.16. The number of nitro groups is 2. The number of benzene rings is 1. The monoisotopic (exact) mass is 379 g/mol. The molecule has 2 fully saturated rings. The standard InChI is InChI=1S/C16H21N5O6/c1-17(2-3-18-6-8-27-9-7-18)16(22)12-10-14(19-4-5-19)15(21(25)26)11-13(12)20(23)24/h10-11H,2-9H2,1H3. The fourth-order valence-electron chi connectivity index (χ4n) is 3.00. The van der Waals surface area contributed by atoms with E-state index in [2.05, 4.69) is 4.90 Å². The molecule has 0 atom stereocenters. The van der Waals surface area contributed by atoms with E-state index >= 15 is 0 Å². The molecule has 146 valence electrons. The Morgan fingerprint density at radius 2 is 1.74 bits per heavy atom. The highest BCUT2D eigenvalue weighted by Gasteiger charge is 2.34. The number of carbonyl (C=O) groups excluding carboxylic acids is 1. The predicted octanol–water partition coefficient (Wildman–Crippen LogP) is 0.727. The molecule has 1 aromatic carbocycles. The molecule has 11 heteroatoms. The van der Waals surface area contributed by atoms with Gasteiger partial charge in [-0.15, -0.1) is 0 Å². The van der Waals surface area contributed by atoms with Gasteiger partial charge in [-0.2, -0.15) is 0 Å². The number of nitro benzene ring substituents is 2. The van der Waals surface area contributed by atoms with Crippen molar-refractivity contribution in [3.8, 4) is 0 Å². The smallest absolute Gasteiger partial charge is 0.299 e. The van der Waals surface area contributed by atoms with Crippen LogP contribution in [0.5, 0.6) is 0 Å². The third-order valence-corrected chi connectivity index (χ3v) is 4.71. The number of morpholine rings is 1. The van der Waals surface area contributed by atoms with Crippen molar-refractivity contribution in [3.63, 3.8) is 0 Å². The van der Waals surface area contributed by atoms with E-state index in [4.69, 9.17) is 4.74 Å². The van der Waals surface area contributed by atoms with Gasteiger partial charge >= 0.3 is 0 Å². The second-order valence-electron chi connectivity index (χ2n) is 6.54. The molecular weight excluding hydrogens is 358 g/mol. The summed E-state index contributed by atoms with van der Waals surface area (Å²) in [5, 5.41) is 22.7. The third kappa shape index (κ3) is 4.31. The largest absolute Gasteiger partial charge is 0.379 e. The molecule has 0 aliphatic carbocycles. The van der Waals surface area contributed by atoms with Crippen molar-refractivity contribution in [1.82, 2.24) is 9.80 Å². The molecule has 2 saturated heterocycles. The predicted molar refractivity (Wildman–Crippen MR) is 96.2 cm³/mol. The van der Waals surface area contributed by atoms with E-state index in [-0.39, 0.29) is 16.9 Å². The maximum Gasteiger partial charge on any atom is 0.299 e. The summed E-state index contributed by atoms with van der Waals surface area (Å²) in [7, 11) is 1.57. The van der Waals surface area contributed by atoms with Crippen molar-refractivity contribution in [1.29, 1.82) is 0 Å². The Morgan fingerprint density at radius 1 is 1.11 bits per heavy atom. The molecule has 0 spiro atoms. The minimum atomic E-state index is -0.748. The molecule has 0 bridgehead atoms. The number of ether oxygens (including phenoxy) is 1. The van der Waals surface area contributed by atoms with Gasteiger partial charge in [0.2, 0.25) is 0 Å². The minimum absolute atomic E-state index is 0.128. The van der Waals surface area contributed by atoms with E-state index in [0.29, 0.717) is 39.4 Å². The van der Waals surface area contributed by atoms with Crippen molar-refractivity contribution < 1.29 is 19.4 Å². The highest BCUT2D eigenvalue weighted by atomic mass is 16.6. The molecule has 0 saturated carbocycles. The van der Waals surface area contributed by atoms with Crippen LogP contribution in [0.2, 0.25) is 0 Å². The number of likely N-dealkylation sites (N-methyl/N-ethyl adjacent to an activating group) is 1. The molecular formula is C16H21N5O6. The molecule has 2 heterocycles. The summed E-state index contributed by atoms with van der Waals surface area (Å²) < 4.78 is 5.28. The van der Waals surface area contributed by atoms with Gasteiger partial charge in [0.15, 0.2) is 0 Å². The topological polar surface area (TPSA) is 122 Å². The quantitative estimate of drug-likeness (QED) is 0.386. The first-order valence-electron chi connectivity index (χ1n) is 8.66. The number of carbonyl (C=O) groups is 1. The van der Waals surface area contributed by atoms with E-state index < -0.39 is 21.4 Å². The summed E-state index contributed by atoms with van der Waals surface area (Å²) in [4.78, 5) is 39.3. The van der Waals surface area contributed by atoms with Gasteiger partial charge < -0.3 is 14.5 Å². The molecule has 1 aromatic rings. The lowest BCUT2D eigenvalue weighted by Gasteiger charge is -2.28. The average molecular weight is 379 g/mol. The molecule has 0 radical (unpaired) electrons. The summed E-state index contributed by atoms with van der Waals surface area (Å²) in [6.45, 7) is 5.11. The highest BCUT2D eigenvalue weighted by molar-refractivity contribution is 6.00. The highest BCUT2D eigenvalue weighted by Crippen LogP contribution is 2.38. The summed E-state index contributed by atoms with van der Waals surface area (Å²) >= 11 is 0. The maximum atomic E-state index is 12.8. The molecule has 2 aliphatic rings. The van der Waals surface area contributed by atoms with Crippen LogP contribution in [0.3, 0.4) is 0 Å². The van der Waals surface area contributed by atoms with Gasteiger partial charge in [-0.05, 0) is 6.07 Å². The Labute approximate surface area is 155 Å². The zero-order chi connectivity index (χ0) is 19.6. The first-order valence-corrected chi connectivity index (χ1v) is 8.66. The van der Waals surface area contributed by atoms with Crippen molar-refractivity contribution in [3.05, 3.63) is 37.9 Å². The summed E-state index contributed by atoms with van der Waals surface area (Å²) in [5.74, 6) is -0.520. The van der Waals surface area contributed by atoms with Gasteiger partial charge in [-0.3, -0.25) is 29.9 Å². The third-order valence-electron chi connectivity index (χ3n) is 4.71. The van der Waals surface area contributed by atoms with Crippen molar-refractivity contribution >= 4 is 23.0 Å². The molecule has 0 N–H and O–H groups in total. The van der Waals surface area contributed by atoms with Crippen molar-refractivity contribution in [2.75, 3.05) is 64.4 Å². The molecule has 1 amide bonds. The Kier molecular flexibility index (Phi) is 5.51. The molecule has 2 aliphatic heterocycles. The lowest BCUT2D eigenvalue weighted by molar-refractivity contribution is -0.393. The number of anilines is 1. The minimum Gasteiger partial charge on any atom is -0.379 e. The number of amides is 1. The van der Waals surface area contributed by atoms with Crippen LogP contribution in [-0.4, -0.2) is 85.1 Å². The normalized spacial score (nSPS) is 16.9. The molecule has 0 unspecified atom stereocenters. The van der Waals surface area contributed by atoms with Crippen molar-refractivity contribution in [2.24, 2.45) is 0 Å². The van der Waals surface area contributed by atoms with E-state index in [1.807, 2.05) is 0 Å². The van der Waals surface area contributed by atoms with Crippen LogP contribution in [0, 0.1) is 20.2 Å². The zero-order valence-corrected chi connectivity index (χ0v) is 15.0. The number of hydrogen-bond donors (Lipinski definition) is 0. The van der Waals surface area contributed by atoms with Gasteiger partial charge in [0.1, 0.15) is 11.3 Å². The molecule has 0 aromatic heterocycles. The van der Waals surface area contributed by atoms with Gasteiger partial charge in [-0.1, -0.05) is 0 Å². The molecule has 3 rings (SSSR count). The molecule has 11 nitrogen and oxygen atoms in total. The average Bonchev–Trinajstić information content (AvgIpc) is 3.50. The van der Waals surface area contributed by atoms with Gasteiger partial charge in [0.05, 0.1) is 29.1 Å². The lowest BCUT2D eigenvalue weighted by atomic mass is 10.1. The van der Waals surface area contributed by atoms with E-state index in [0.717, 1.165) is 19.2 Å². The van der Waals surface area contributed by atoms with Crippen molar-refractivity contribution in [2.45, 2.75) is 0 Å². The second-order valence-corrected chi connectivity index (χ2v) is 6.54. The van der Waals surface area contributed by atoms with Crippen LogP contribution in [0.4, 0.5) is 17.1 Å². The first kappa shape index (κ1) is 19.0. The van der Waals surface area contributed by atoms with Gasteiger partial charge in [-0.25, -0.2) is 0 Å². The summed E-state index contributed by atoms with van der Waals surface area (Å²) in [6.07, 6.45) is 0. The van der Waals surface area contributed by atoms with E-state index in [1.165, 1.54) is 11.0 Å². The van der Waals surface area contributed by atoms with E-state index in [9.17, 15) is 25.0 Å². The van der Waals surface area contributed by atoms with Crippen LogP contribution in [0.1, 0.15) is 10.4 Å². The van der Waals surface area contributed by atoms with Crippen LogP contribution in [0.15, 0.2) is 12.1 Å². The first-order chi connectivity index (χ1) is 12.9. The van der Waals surface area contributed by atoms with Crippen LogP contribution >= 0.6 is 0 Å². The number of hydrogen-bond acceptors (Lipinski definition) is 8. The second kappa shape index (κ2) is 7.84. The fourth-order valence-corrected chi connectivity index (χ4v) is 3.00. The Balaban J connectivity index is 1.82. The van der Waals surface area contributed by atoms with Gasteiger partial charge in [0, 0.05) is 46.3 Å². The zero-order valence-electron chi connectivity index (χ0n) is 15.0. The number of nitrogens with zero attached hydrogens (tertiary/aromatic N) is 5. The Morgan fingerprint density at radius 3 is 2.30 bits per heavy atom. The van der Waals surface area contributed by atoms with Crippen LogP contribution in [-0.2, 0) is 4.74 Å². The van der Waals surface area contributed by atoms with Crippen LogP contribution < -0.4 is 4.90 Å². The fraction of sp³-hybridized carbons (Fsp3) is 0.562. The molecule has 27 heavy (non-hydrogen) atoms. The number of rotatable bonds is 7. The van der Waals surface area contributed by atoms with Crippen LogP contribution in [0.25, 0.3) is 0 Å². The summed E-state index contributed by atoms with van der Waals surface area (Å²) in [5.41, 5.74) is -0.783. The van der Waals surface area contributed by atoms with E-state index in [1.54, 1.807) is 11.9 Å². The Bertz CT molecular complexity index is 760. The SMILES string of the molecule is CN(CCN1CCOCC1)C(=O)c1cc(N2CC2)c([N+](=O)[O-])cc1[N+](=O)[O-]. The Hall–Kier alpha value is -2.79. The van der Waals surface area contributed by atoms with Gasteiger partial charge in [0.25, 0.3) is 17.3 Å². The lowest BCUT2D eigenvalue weighted by Crippen LogP contribution is -2.42.